The molecule has 0 amide bonds. The second kappa shape index (κ2) is 5.63. The lowest BCUT2D eigenvalue weighted by atomic mass is 10.2. The predicted molar refractivity (Wildman–Crippen MR) is 65.3 cm³/mol. The first-order valence-electron chi connectivity index (χ1n) is 5.41. The molecule has 0 aliphatic heterocycles. The highest BCUT2D eigenvalue weighted by Crippen LogP contribution is 2.16. The van der Waals surface area contributed by atoms with Gasteiger partial charge in [-0.2, -0.15) is 0 Å². The Labute approximate surface area is 101 Å². The molecule has 0 aliphatic rings. The van der Waals surface area contributed by atoms with Crippen molar-refractivity contribution < 1.29 is 14.6 Å². The van der Waals surface area contributed by atoms with Crippen molar-refractivity contribution in [2.75, 3.05) is 25.7 Å². The van der Waals surface area contributed by atoms with Gasteiger partial charge in [0.1, 0.15) is 5.82 Å². The summed E-state index contributed by atoms with van der Waals surface area (Å²) in [5.74, 6) is 0.330. The summed E-state index contributed by atoms with van der Waals surface area (Å²) >= 11 is 0. The minimum Gasteiger partial charge on any atom is -0.465 e. The quantitative estimate of drug-likeness (QED) is 0.793. The van der Waals surface area contributed by atoms with E-state index in [-0.39, 0.29) is 18.6 Å². The number of anilines is 1. The maximum Gasteiger partial charge on any atom is 0.339 e. The third-order valence-corrected chi connectivity index (χ3v) is 2.76. The van der Waals surface area contributed by atoms with Crippen molar-refractivity contribution in [3.05, 3.63) is 23.4 Å². The van der Waals surface area contributed by atoms with Crippen LogP contribution in [-0.2, 0) is 4.74 Å². The van der Waals surface area contributed by atoms with Crippen LogP contribution < -0.4 is 4.90 Å². The van der Waals surface area contributed by atoms with E-state index in [0.29, 0.717) is 11.3 Å². The monoisotopic (exact) mass is 238 g/mol. The topological polar surface area (TPSA) is 62.7 Å². The summed E-state index contributed by atoms with van der Waals surface area (Å²) in [4.78, 5) is 17.6. The first-order valence-corrected chi connectivity index (χ1v) is 5.41. The van der Waals surface area contributed by atoms with E-state index in [0.717, 1.165) is 5.82 Å². The van der Waals surface area contributed by atoms with Gasteiger partial charge in [0.25, 0.3) is 0 Å². The second-order valence-corrected chi connectivity index (χ2v) is 3.94. The number of esters is 1. The number of nitrogens with zero attached hydrogens (tertiary/aromatic N) is 2. The zero-order valence-corrected chi connectivity index (χ0v) is 10.6. The van der Waals surface area contributed by atoms with Crippen LogP contribution in [-0.4, -0.2) is 42.9 Å². The van der Waals surface area contributed by atoms with Crippen LogP contribution in [0.25, 0.3) is 0 Å². The first-order chi connectivity index (χ1) is 8.01. The Morgan fingerprint density at radius 3 is 2.71 bits per heavy atom. The third-order valence-electron chi connectivity index (χ3n) is 2.76. The molecule has 5 heteroatoms. The molecule has 1 atom stereocenters. The molecule has 5 nitrogen and oxygen atoms in total. The fourth-order valence-corrected chi connectivity index (χ4v) is 1.42. The van der Waals surface area contributed by atoms with E-state index < -0.39 is 0 Å². The Hall–Kier alpha value is -1.62. The lowest BCUT2D eigenvalue weighted by molar-refractivity contribution is 0.0599. The summed E-state index contributed by atoms with van der Waals surface area (Å²) in [6, 6.07) is 3.40. The van der Waals surface area contributed by atoms with Crippen molar-refractivity contribution in [2.45, 2.75) is 19.9 Å². The van der Waals surface area contributed by atoms with E-state index >= 15 is 0 Å². The number of hydrogen-bond donors (Lipinski definition) is 1. The van der Waals surface area contributed by atoms with Gasteiger partial charge in [-0.15, -0.1) is 0 Å². The fraction of sp³-hybridized carbons (Fsp3) is 0.500. The van der Waals surface area contributed by atoms with Crippen LogP contribution in [0.4, 0.5) is 5.82 Å². The molecule has 94 valence electrons. The van der Waals surface area contributed by atoms with E-state index in [1.807, 2.05) is 18.9 Å². The van der Waals surface area contributed by atoms with Crippen molar-refractivity contribution in [3.63, 3.8) is 0 Å². The molecule has 1 rings (SSSR count). The molecular weight excluding hydrogens is 220 g/mol. The van der Waals surface area contributed by atoms with Gasteiger partial charge < -0.3 is 14.7 Å². The average Bonchev–Trinajstić information content (AvgIpc) is 2.35. The lowest BCUT2D eigenvalue weighted by Crippen LogP contribution is -2.32. The lowest BCUT2D eigenvalue weighted by Gasteiger charge is -2.24. The highest BCUT2D eigenvalue weighted by Gasteiger charge is 2.14. The third kappa shape index (κ3) is 2.94. The zero-order valence-electron chi connectivity index (χ0n) is 10.6. The van der Waals surface area contributed by atoms with Gasteiger partial charge >= 0.3 is 5.97 Å². The highest BCUT2D eigenvalue weighted by molar-refractivity contribution is 5.90. The number of carbonyl (C=O) groups excluding carboxylic acids is 1. The fourth-order valence-electron chi connectivity index (χ4n) is 1.42. The maximum atomic E-state index is 11.4. The van der Waals surface area contributed by atoms with Crippen LogP contribution >= 0.6 is 0 Å². The molecule has 1 aromatic rings. The van der Waals surface area contributed by atoms with Crippen molar-refractivity contribution in [3.8, 4) is 0 Å². The Morgan fingerprint density at radius 1 is 1.59 bits per heavy atom. The molecule has 1 N–H and O–H groups in total. The van der Waals surface area contributed by atoms with Crippen LogP contribution in [0.5, 0.6) is 0 Å². The second-order valence-electron chi connectivity index (χ2n) is 3.94. The van der Waals surface area contributed by atoms with Gasteiger partial charge in [0.15, 0.2) is 0 Å². The van der Waals surface area contributed by atoms with Gasteiger partial charge in [-0.3, -0.25) is 0 Å². The van der Waals surface area contributed by atoms with E-state index in [1.165, 1.54) is 7.11 Å². The number of likely N-dealkylation sites (N-methyl/N-ethyl adjacent to an activating group) is 1. The summed E-state index contributed by atoms with van der Waals surface area (Å²) in [6.07, 6.45) is 0. The number of pyridine rings is 1. The smallest absolute Gasteiger partial charge is 0.339 e. The van der Waals surface area contributed by atoms with Crippen LogP contribution in [0.15, 0.2) is 12.1 Å². The van der Waals surface area contributed by atoms with E-state index in [1.54, 1.807) is 19.1 Å². The summed E-state index contributed by atoms with van der Waals surface area (Å²) in [5.41, 5.74) is 1.08. The Bertz CT molecular complexity index is 407. The molecule has 0 saturated heterocycles. The largest absolute Gasteiger partial charge is 0.465 e. The molecule has 0 bridgehead atoms. The van der Waals surface area contributed by atoms with Gasteiger partial charge in [-0.05, 0) is 26.0 Å². The van der Waals surface area contributed by atoms with Crippen LogP contribution in [0.3, 0.4) is 0 Å². The number of aliphatic hydroxyl groups is 1. The zero-order chi connectivity index (χ0) is 13.0. The van der Waals surface area contributed by atoms with E-state index in [9.17, 15) is 4.79 Å². The van der Waals surface area contributed by atoms with Gasteiger partial charge in [0.05, 0.1) is 31.0 Å². The first kappa shape index (κ1) is 13.4. The number of aliphatic hydroxyl groups excluding tert-OH is 1. The standard InChI is InChI=1S/C12H18N2O3/c1-8(7-15)14(3)11-6-5-10(9(2)13-11)12(16)17-4/h5-6,8,15H,7H2,1-4H3. The van der Waals surface area contributed by atoms with Crippen LogP contribution in [0.1, 0.15) is 23.0 Å². The molecule has 0 aromatic carbocycles. The maximum absolute atomic E-state index is 11.4. The highest BCUT2D eigenvalue weighted by atomic mass is 16.5. The molecule has 17 heavy (non-hydrogen) atoms. The minimum absolute atomic E-state index is 0.0223. The van der Waals surface area contributed by atoms with Gasteiger partial charge in [-0.25, -0.2) is 9.78 Å². The number of aromatic nitrogens is 1. The number of methoxy groups -OCH3 is 1. The number of carbonyl (C=O) groups is 1. The molecule has 0 aliphatic carbocycles. The minimum atomic E-state index is -0.389. The molecule has 0 fully saturated rings. The van der Waals surface area contributed by atoms with Crippen LogP contribution in [0.2, 0.25) is 0 Å². The molecule has 0 radical (unpaired) electrons. The SMILES string of the molecule is COC(=O)c1ccc(N(C)C(C)CO)nc1C. The molecule has 1 unspecified atom stereocenters. The number of rotatable bonds is 4. The van der Waals surface area contributed by atoms with Crippen molar-refractivity contribution in [1.29, 1.82) is 0 Å². The Balaban J connectivity index is 3.00. The van der Waals surface area contributed by atoms with Crippen molar-refractivity contribution in [1.82, 2.24) is 4.98 Å². The van der Waals surface area contributed by atoms with Gasteiger partial charge in [-0.1, -0.05) is 0 Å². The Morgan fingerprint density at radius 2 is 2.24 bits per heavy atom. The summed E-state index contributed by atoms with van der Waals surface area (Å²) in [5, 5.41) is 9.07. The number of aryl methyl sites for hydroxylation is 1. The summed E-state index contributed by atoms with van der Waals surface area (Å²) in [6.45, 7) is 3.70. The molecule has 0 spiro atoms. The summed E-state index contributed by atoms with van der Waals surface area (Å²) < 4.78 is 4.65. The predicted octanol–water partition coefficient (Wildman–Crippen LogP) is 0.994. The summed E-state index contributed by atoms with van der Waals surface area (Å²) in [7, 11) is 3.19. The molecule has 1 heterocycles. The molecule has 0 saturated carbocycles. The van der Waals surface area contributed by atoms with Crippen molar-refractivity contribution >= 4 is 11.8 Å². The van der Waals surface area contributed by atoms with Crippen LogP contribution in [0, 0.1) is 6.92 Å². The van der Waals surface area contributed by atoms with Crippen molar-refractivity contribution in [2.24, 2.45) is 0 Å². The van der Waals surface area contributed by atoms with E-state index in [2.05, 4.69) is 9.72 Å². The Kier molecular flexibility index (Phi) is 4.45. The normalized spacial score (nSPS) is 12.1. The molecular formula is C12H18N2O3. The van der Waals surface area contributed by atoms with E-state index in [4.69, 9.17) is 5.11 Å². The average molecular weight is 238 g/mol. The van der Waals surface area contributed by atoms with Gasteiger partial charge in [0, 0.05) is 7.05 Å². The molecule has 1 aromatic heterocycles. The van der Waals surface area contributed by atoms with Gasteiger partial charge in [0.2, 0.25) is 0 Å². The number of ether oxygens (including phenoxy) is 1. The number of hydrogen-bond acceptors (Lipinski definition) is 5.